The van der Waals surface area contributed by atoms with Crippen molar-refractivity contribution in [1.29, 1.82) is 0 Å². The molecular weight excluding hydrogens is 522 g/mol. The number of amides is 1. The van der Waals surface area contributed by atoms with Gasteiger partial charge in [-0.1, -0.05) is 17.7 Å². The van der Waals surface area contributed by atoms with Gasteiger partial charge in [-0.15, -0.1) is 11.3 Å². The van der Waals surface area contributed by atoms with Crippen molar-refractivity contribution in [1.82, 2.24) is 9.29 Å². The summed E-state index contributed by atoms with van der Waals surface area (Å²) in [5.74, 6) is 0.436. The molecule has 1 saturated heterocycles. The number of ether oxygens (including phenoxy) is 1. The fourth-order valence-electron chi connectivity index (χ4n) is 4.46. The van der Waals surface area contributed by atoms with Gasteiger partial charge in [0.05, 0.1) is 4.90 Å². The third-order valence-electron chi connectivity index (χ3n) is 6.27. The van der Waals surface area contributed by atoms with Crippen molar-refractivity contribution in [3.63, 3.8) is 0 Å². The minimum atomic E-state index is -3.66. The van der Waals surface area contributed by atoms with E-state index in [-0.39, 0.29) is 10.8 Å². The van der Waals surface area contributed by atoms with Crippen LogP contribution in [0.3, 0.4) is 0 Å². The van der Waals surface area contributed by atoms with Crippen LogP contribution in [0.4, 0.5) is 10.8 Å². The highest BCUT2D eigenvalue weighted by atomic mass is 35.5. The predicted molar refractivity (Wildman–Crippen MR) is 141 cm³/mol. The van der Waals surface area contributed by atoms with Gasteiger partial charge in [0.1, 0.15) is 17.5 Å². The molecule has 1 amide bonds. The van der Waals surface area contributed by atoms with E-state index in [0.717, 1.165) is 16.4 Å². The molecule has 2 aliphatic heterocycles. The van der Waals surface area contributed by atoms with E-state index in [1.165, 1.54) is 15.6 Å². The molecule has 12 heteroatoms. The molecule has 2 N–H and O–H groups in total. The third-order valence-corrected chi connectivity index (χ3v) is 9.39. The number of hydrogen-bond acceptors (Lipinski definition) is 8. The normalized spacial score (nSPS) is 16.3. The predicted octanol–water partition coefficient (Wildman–Crippen LogP) is 2.85. The summed E-state index contributed by atoms with van der Waals surface area (Å²) in [5.41, 5.74) is 7.58. The zero-order chi connectivity index (χ0) is 25.3. The lowest BCUT2D eigenvalue weighted by atomic mass is 10.1. The van der Waals surface area contributed by atoms with E-state index in [9.17, 15) is 13.2 Å². The van der Waals surface area contributed by atoms with E-state index in [4.69, 9.17) is 22.1 Å². The summed E-state index contributed by atoms with van der Waals surface area (Å²) in [6.45, 7) is 3.07. The Labute approximate surface area is 219 Å². The minimum Gasteiger partial charge on any atom is -0.492 e. The Morgan fingerprint density at radius 1 is 1.11 bits per heavy atom. The van der Waals surface area contributed by atoms with Gasteiger partial charge >= 0.3 is 0 Å². The Hall–Kier alpha value is -2.70. The highest BCUT2D eigenvalue weighted by Crippen LogP contribution is 2.33. The maximum atomic E-state index is 13.4. The number of benzene rings is 2. The van der Waals surface area contributed by atoms with Crippen molar-refractivity contribution >= 4 is 49.7 Å². The van der Waals surface area contributed by atoms with E-state index < -0.39 is 10.0 Å². The minimum absolute atomic E-state index is 0.152. The van der Waals surface area contributed by atoms with Crippen LogP contribution in [0, 0.1) is 0 Å². The summed E-state index contributed by atoms with van der Waals surface area (Å²) < 4.78 is 33.8. The largest absolute Gasteiger partial charge is 0.492 e. The number of halogens is 1. The van der Waals surface area contributed by atoms with Gasteiger partial charge in [0.25, 0.3) is 5.91 Å². The number of fused-ring (bicyclic) bond motifs is 1. The topological polar surface area (TPSA) is 109 Å². The Morgan fingerprint density at radius 3 is 2.64 bits per heavy atom. The number of nitrogens with two attached hydrogens (primary N) is 1. The zero-order valence-corrected chi connectivity index (χ0v) is 21.9. The first-order valence-corrected chi connectivity index (χ1v) is 14.3. The van der Waals surface area contributed by atoms with Gasteiger partial charge in [-0.05, 0) is 48.4 Å². The number of thiazole rings is 1. The standard InChI is InChI=1S/C24H26ClN5O4S2/c25-22-16-35-24(27-22)28-9-11-29(12-10-28)36(32,33)20-4-5-21-17(15-20)6-8-30(21)23(31)18-2-1-3-19(14-18)34-13-7-26/h1-5,14-16H,6-13,26H2. The first kappa shape index (κ1) is 25.0. The van der Waals surface area contributed by atoms with Crippen molar-refractivity contribution in [3.8, 4) is 5.75 Å². The summed E-state index contributed by atoms with van der Waals surface area (Å²) in [6.07, 6.45) is 0.590. The van der Waals surface area contributed by atoms with Crippen molar-refractivity contribution in [2.24, 2.45) is 5.73 Å². The smallest absolute Gasteiger partial charge is 0.258 e. The van der Waals surface area contributed by atoms with E-state index >= 15 is 0 Å². The molecule has 0 spiro atoms. The molecule has 0 bridgehead atoms. The van der Waals surface area contributed by atoms with Crippen LogP contribution in [-0.2, 0) is 16.4 Å². The molecule has 3 heterocycles. The fraction of sp³-hybridized carbons (Fsp3) is 0.333. The molecule has 0 saturated carbocycles. The third kappa shape index (κ3) is 4.94. The number of nitrogens with zero attached hydrogens (tertiary/aromatic N) is 4. The number of aromatic nitrogens is 1. The second-order valence-electron chi connectivity index (χ2n) is 8.51. The average molecular weight is 548 g/mol. The number of carbonyl (C=O) groups is 1. The van der Waals surface area contributed by atoms with Crippen LogP contribution >= 0.6 is 22.9 Å². The number of carbonyl (C=O) groups excluding carboxylic acids is 1. The van der Waals surface area contributed by atoms with Gasteiger partial charge in [0.15, 0.2) is 5.13 Å². The molecule has 3 aromatic rings. The molecule has 190 valence electrons. The first-order valence-electron chi connectivity index (χ1n) is 11.6. The van der Waals surface area contributed by atoms with Crippen LogP contribution < -0.4 is 20.3 Å². The van der Waals surface area contributed by atoms with E-state index in [1.54, 1.807) is 52.7 Å². The number of rotatable bonds is 7. The van der Waals surface area contributed by atoms with Crippen LogP contribution in [0.25, 0.3) is 0 Å². The average Bonchev–Trinajstić information content (AvgIpc) is 3.53. The summed E-state index contributed by atoms with van der Waals surface area (Å²) >= 11 is 7.38. The lowest BCUT2D eigenvalue weighted by Crippen LogP contribution is -2.48. The van der Waals surface area contributed by atoms with Gasteiger partial charge < -0.3 is 20.3 Å². The van der Waals surface area contributed by atoms with Gasteiger partial charge in [0.2, 0.25) is 10.0 Å². The van der Waals surface area contributed by atoms with Crippen LogP contribution in [0.1, 0.15) is 15.9 Å². The van der Waals surface area contributed by atoms with Gasteiger partial charge in [-0.2, -0.15) is 4.31 Å². The van der Waals surface area contributed by atoms with Crippen LogP contribution in [0.5, 0.6) is 5.75 Å². The highest BCUT2D eigenvalue weighted by Gasteiger charge is 2.32. The molecule has 9 nitrogen and oxygen atoms in total. The number of piperazine rings is 1. The van der Waals surface area contributed by atoms with E-state index in [0.29, 0.717) is 68.8 Å². The molecule has 5 rings (SSSR count). The second-order valence-corrected chi connectivity index (χ2v) is 11.7. The highest BCUT2D eigenvalue weighted by molar-refractivity contribution is 7.89. The summed E-state index contributed by atoms with van der Waals surface area (Å²) in [4.78, 5) is 21.5. The molecule has 2 aromatic carbocycles. The molecule has 0 aliphatic carbocycles. The van der Waals surface area contributed by atoms with Gasteiger partial charge in [0, 0.05) is 55.9 Å². The van der Waals surface area contributed by atoms with E-state index in [2.05, 4.69) is 4.98 Å². The van der Waals surface area contributed by atoms with Crippen molar-refractivity contribution in [2.45, 2.75) is 11.3 Å². The van der Waals surface area contributed by atoms with E-state index in [1.807, 2.05) is 4.90 Å². The van der Waals surface area contributed by atoms with Crippen LogP contribution in [-0.4, -0.2) is 69.5 Å². The zero-order valence-electron chi connectivity index (χ0n) is 19.5. The summed E-state index contributed by atoms with van der Waals surface area (Å²) in [5, 5.41) is 3.02. The Bertz CT molecular complexity index is 1370. The second kappa shape index (κ2) is 10.3. The summed E-state index contributed by atoms with van der Waals surface area (Å²) in [6, 6.07) is 12.0. The molecule has 1 aromatic heterocycles. The monoisotopic (exact) mass is 547 g/mol. The Balaban J connectivity index is 1.29. The lowest BCUT2D eigenvalue weighted by molar-refractivity contribution is 0.0989. The Kier molecular flexibility index (Phi) is 7.18. The molecule has 1 fully saturated rings. The SMILES string of the molecule is NCCOc1cccc(C(=O)N2CCc3cc(S(=O)(=O)N4CCN(c5nc(Cl)cs5)CC4)ccc32)c1. The maximum Gasteiger partial charge on any atom is 0.258 e. The first-order chi connectivity index (χ1) is 17.4. The fourth-order valence-corrected chi connectivity index (χ4v) is 6.94. The van der Waals surface area contributed by atoms with Gasteiger partial charge in [-0.25, -0.2) is 13.4 Å². The lowest BCUT2D eigenvalue weighted by Gasteiger charge is -2.33. The molecule has 36 heavy (non-hydrogen) atoms. The molecule has 2 aliphatic rings. The van der Waals surface area contributed by atoms with Gasteiger partial charge in [-0.3, -0.25) is 4.79 Å². The van der Waals surface area contributed by atoms with Crippen molar-refractivity contribution in [2.75, 3.05) is 55.7 Å². The number of sulfonamides is 1. The quantitative estimate of drug-likeness (QED) is 0.484. The molecular formula is C24H26ClN5O4S2. The Morgan fingerprint density at radius 2 is 1.92 bits per heavy atom. The maximum absolute atomic E-state index is 13.4. The van der Waals surface area contributed by atoms with Crippen LogP contribution in [0.15, 0.2) is 52.7 Å². The number of anilines is 2. The van der Waals surface area contributed by atoms with Crippen LogP contribution in [0.2, 0.25) is 5.15 Å². The van der Waals surface area contributed by atoms with Crippen molar-refractivity contribution < 1.29 is 17.9 Å². The molecule has 0 radical (unpaired) electrons. The van der Waals surface area contributed by atoms with Crippen molar-refractivity contribution in [3.05, 3.63) is 64.1 Å². The summed E-state index contributed by atoms with van der Waals surface area (Å²) in [7, 11) is -3.66. The number of hydrogen-bond donors (Lipinski definition) is 1. The molecule has 0 unspecified atom stereocenters. The molecule has 0 atom stereocenters.